The first-order valence-electron chi connectivity index (χ1n) is 9.65. The summed E-state index contributed by atoms with van der Waals surface area (Å²) in [6, 6.07) is 19.4. The van der Waals surface area contributed by atoms with Crippen LogP contribution in [0.5, 0.6) is 17.2 Å². The van der Waals surface area contributed by atoms with Gasteiger partial charge >= 0.3 is 0 Å². The Kier molecular flexibility index (Phi) is 4.63. The molecule has 0 fully saturated rings. The van der Waals surface area contributed by atoms with E-state index >= 15 is 0 Å². The van der Waals surface area contributed by atoms with E-state index in [0.717, 1.165) is 27.4 Å². The first-order chi connectivity index (χ1) is 15.2. The van der Waals surface area contributed by atoms with Gasteiger partial charge in [0.25, 0.3) is 0 Å². The molecule has 0 unspecified atom stereocenters. The van der Waals surface area contributed by atoms with Gasteiger partial charge in [0.2, 0.25) is 17.5 Å². The van der Waals surface area contributed by atoms with E-state index in [-0.39, 0.29) is 0 Å². The largest absolute Gasteiger partial charge is 0.493 e. The van der Waals surface area contributed by atoms with Crippen molar-refractivity contribution in [2.24, 2.45) is 0 Å². The van der Waals surface area contributed by atoms with E-state index in [1.807, 2.05) is 48.5 Å². The van der Waals surface area contributed by atoms with Crippen LogP contribution in [0, 0.1) is 0 Å². The molecule has 0 aliphatic rings. The van der Waals surface area contributed by atoms with Crippen LogP contribution < -0.4 is 14.2 Å². The second-order valence-electron chi connectivity index (χ2n) is 6.85. The molecule has 0 saturated carbocycles. The zero-order valence-electron chi connectivity index (χ0n) is 17.2. The van der Waals surface area contributed by atoms with Crippen molar-refractivity contribution in [3.8, 4) is 40.2 Å². The maximum atomic E-state index is 6.14. The van der Waals surface area contributed by atoms with Crippen LogP contribution in [0.15, 0.2) is 65.1 Å². The molecule has 154 valence electrons. The van der Waals surface area contributed by atoms with E-state index in [0.29, 0.717) is 34.6 Å². The number of rotatable bonds is 5. The lowest BCUT2D eigenvalue weighted by molar-refractivity contribution is 0.324. The Morgan fingerprint density at radius 1 is 0.677 bits per heavy atom. The lowest BCUT2D eigenvalue weighted by atomic mass is 10.0. The number of pyridine rings is 1. The van der Waals surface area contributed by atoms with Crippen LogP contribution in [0.1, 0.15) is 0 Å². The number of benzene rings is 3. The second kappa shape index (κ2) is 7.60. The van der Waals surface area contributed by atoms with Crippen molar-refractivity contribution < 1.29 is 18.6 Å². The Labute approximate surface area is 178 Å². The molecule has 0 bridgehead atoms. The van der Waals surface area contributed by atoms with E-state index in [1.54, 1.807) is 33.5 Å². The minimum absolute atomic E-state index is 0.347. The lowest BCUT2D eigenvalue weighted by Gasteiger charge is -2.12. The number of nitrogens with zero attached hydrogens (tertiary/aromatic N) is 3. The number of hydrogen-bond donors (Lipinski definition) is 0. The molecular weight excluding hydrogens is 394 g/mol. The van der Waals surface area contributed by atoms with Gasteiger partial charge in [0.1, 0.15) is 0 Å². The monoisotopic (exact) mass is 413 g/mol. The first kappa shape index (κ1) is 18.9. The third kappa shape index (κ3) is 3.11. The molecule has 5 aromatic rings. The van der Waals surface area contributed by atoms with E-state index in [1.165, 1.54) is 0 Å². The van der Waals surface area contributed by atoms with E-state index in [9.17, 15) is 0 Å². The second-order valence-corrected chi connectivity index (χ2v) is 6.85. The van der Waals surface area contributed by atoms with Crippen LogP contribution in [0.2, 0.25) is 0 Å². The molecule has 5 rings (SSSR count). The molecule has 0 amide bonds. The highest BCUT2D eigenvalue weighted by Crippen LogP contribution is 2.42. The van der Waals surface area contributed by atoms with E-state index < -0.39 is 0 Å². The molecular formula is C24H19N3O4. The smallest absolute Gasteiger partial charge is 0.249 e. The summed E-state index contributed by atoms with van der Waals surface area (Å²) in [5.41, 5.74) is 3.25. The van der Waals surface area contributed by atoms with Gasteiger partial charge < -0.3 is 18.6 Å². The highest BCUT2D eigenvalue weighted by atomic mass is 16.5. The quantitative estimate of drug-likeness (QED) is 0.370. The summed E-state index contributed by atoms with van der Waals surface area (Å²) in [6.07, 6.45) is 0. The molecule has 2 aromatic heterocycles. The van der Waals surface area contributed by atoms with Crippen molar-refractivity contribution in [2.75, 3.05) is 21.3 Å². The Balaban J connectivity index is 1.71. The van der Waals surface area contributed by atoms with Gasteiger partial charge in [-0.2, -0.15) is 0 Å². The molecule has 2 heterocycles. The number of hydrogen-bond acceptors (Lipinski definition) is 7. The number of fused-ring (bicyclic) bond motifs is 2. The number of para-hydroxylation sites is 2. The van der Waals surface area contributed by atoms with E-state index in [2.05, 4.69) is 10.2 Å². The fourth-order valence-corrected chi connectivity index (χ4v) is 3.72. The third-order valence-electron chi connectivity index (χ3n) is 5.14. The maximum Gasteiger partial charge on any atom is 0.249 e. The molecule has 7 heteroatoms. The molecule has 0 spiro atoms. The molecule has 0 aliphatic carbocycles. The number of aromatic nitrogens is 3. The molecule has 0 atom stereocenters. The Morgan fingerprint density at radius 2 is 1.23 bits per heavy atom. The van der Waals surface area contributed by atoms with Crippen LogP contribution in [-0.2, 0) is 0 Å². The summed E-state index contributed by atoms with van der Waals surface area (Å²) in [5.74, 6) is 2.28. The Morgan fingerprint density at radius 3 is 1.77 bits per heavy atom. The van der Waals surface area contributed by atoms with Crippen LogP contribution >= 0.6 is 0 Å². The summed E-state index contributed by atoms with van der Waals surface area (Å²) in [4.78, 5) is 4.76. The lowest BCUT2D eigenvalue weighted by Crippen LogP contribution is -1.95. The molecule has 0 N–H and O–H groups in total. The topological polar surface area (TPSA) is 79.5 Å². The summed E-state index contributed by atoms with van der Waals surface area (Å²) >= 11 is 0. The number of methoxy groups -OCH3 is 3. The first-order valence-corrected chi connectivity index (χ1v) is 9.65. The van der Waals surface area contributed by atoms with Crippen molar-refractivity contribution in [1.82, 2.24) is 15.2 Å². The average Bonchev–Trinajstić information content (AvgIpc) is 3.31. The predicted octanol–water partition coefficient (Wildman–Crippen LogP) is 5.13. The van der Waals surface area contributed by atoms with Gasteiger partial charge in [-0.1, -0.05) is 36.4 Å². The fraction of sp³-hybridized carbons (Fsp3) is 0.125. The summed E-state index contributed by atoms with van der Waals surface area (Å²) in [7, 11) is 4.69. The molecule has 3 aromatic carbocycles. The van der Waals surface area contributed by atoms with Gasteiger partial charge in [-0.15, -0.1) is 10.2 Å². The Bertz CT molecular complexity index is 1330. The maximum absolute atomic E-state index is 6.14. The normalized spacial score (nSPS) is 11.1. The van der Waals surface area contributed by atoms with Gasteiger partial charge in [0.15, 0.2) is 11.5 Å². The molecule has 31 heavy (non-hydrogen) atoms. The summed E-state index contributed by atoms with van der Waals surface area (Å²) < 4.78 is 22.4. The van der Waals surface area contributed by atoms with Gasteiger partial charge in [-0.05, 0) is 24.3 Å². The van der Waals surface area contributed by atoms with Crippen LogP contribution in [0.25, 0.3) is 44.7 Å². The van der Waals surface area contributed by atoms with Crippen molar-refractivity contribution in [3.63, 3.8) is 0 Å². The summed E-state index contributed by atoms with van der Waals surface area (Å²) in [5, 5.41) is 10.5. The summed E-state index contributed by atoms with van der Waals surface area (Å²) in [6.45, 7) is 0. The minimum Gasteiger partial charge on any atom is -0.493 e. The third-order valence-corrected chi connectivity index (χ3v) is 5.14. The van der Waals surface area contributed by atoms with Gasteiger partial charge in [-0.3, -0.25) is 0 Å². The van der Waals surface area contributed by atoms with Gasteiger partial charge in [-0.25, -0.2) is 4.98 Å². The zero-order chi connectivity index (χ0) is 21.4. The van der Waals surface area contributed by atoms with Crippen LogP contribution in [0.4, 0.5) is 0 Å². The van der Waals surface area contributed by atoms with Crippen LogP contribution in [0.3, 0.4) is 0 Å². The van der Waals surface area contributed by atoms with E-state index in [4.69, 9.17) is 23.6 Å². The molecule has 7 nitrogen and oxygen atoms in total. The highest BCUT2D eigenvalue weighted by Gasteiger charge is 2.20. The van der Waals surface area contributed by atoms with Crippen molar-refractivity contribution in [3.05, 3.63) is 60.7 Å². The average molecular weight is 413 g/mol. The minimum atomic E-state index is 0.347. The number of ether oxygens (including phenoxy) is 3. The Hall–Kier alpha value is -4.13. The SMILES string of the molecule is COc1cc(-c2nnc(-c3c4ccccc4nc4ccccc34)o2)cc(OC)c1OC. The standard InChI is InChI=1S/C24H19N3O4/c1-28-19-12-14(13-20(29-2)22(19)30-3)23-26-27-24(31-23)21-15-8-4-6-10-17(15)25-18-11-7-5-9-16(18)21/h4-13H,1-3H3. The highest BCUT2D eigenvalue weighted by molar-refractivity contribution is 6.07. The van der Waals surface area contributed by atoms with Crippen molar-refractivity contribution in [2.45, 2.75) is 0 Å². The van der Waals surface area contributed by atoms with Crippen LogP contribution in [-0.4, -0.2) is 36.5 Å². The molecule has 0 saturated heterocycles. The fourth-order valence-electron chi connectivity index (χ4n) is 3.72. The van der Waals surface area contributed by atoms with Gasteiger partial charge in [0, 0.05) is 16.3 Å². The predicted molar refractivity (Wildman–Crippen MR) is 118 cm³/mol. The van der Waals surface area contributed by atoms with Crippen molar-refractivity contribution >= 4 is 21.8 Å². The zero-order valence-corrected chi connectivity index (χ0v) is 17.2. The molecule has 0 radical (unpaired) electrons. The molecule has 0 aliphatic heterocycles. The van der Waals surface area contributed by atoms with Crippen molar-refractivity contribution in [1.29, 1.82) is 0 Å². The van der Waals surface area contributed by atoms with Gasteiger partial charge in [0.05, 0.1) is 37.9 Å².